The van der Waals surface area contributed by atoms with Gasteiger partial charge in [-0.1, -0.05) is 29.3 Å². The number of aryl methyl sites for hydroxylation is 1. The number of allylic oxidation sites excluding steroid dienone is 2. The highest BCUT2D eigenvalue weighted by molar-refractivity contribution is 7.92. The first-order valence-electron chi connectivity index (χ1n) is 11.0. The summed E-state index contributed by atoms with van der Waals surface area (Å²) in [6.45, 7) is 5.77. The SMILES string of the molecule is CC(C)=C1[C@H]2CC[C@@H]1[C@@H](C(=O)Nc1ccc(S(=O)(=O)Nc3ccccc3C)cc1)[C@H]2C(=O)O. The number of fused-ring (bicyclic) bond motifs is 2. The van der Waals surface area contributed by atoms with E-state index in [0.717, 1.165) is 29.6 Å². The number of nitrogens with one attached hydrogen (secondary N) is 2. The summed E-state index contributed by atoms with van der Waals surface area (Å²) in [6.07, 6.45) is 1.61. The van der Waals surface area contributed by atoms with E-state index in [2.05, 4.69) is 10.0 Å². The topological polar surface area (TPSA) is 113 Å². The molecule has 1 amide bonds. The third-order valence-corrected chi connectivity index (χ3v) is 8.21. The van der Waals surface area contributed by atoms with E-state index in [0.29, 0.717) is 11.4 Å². The predicted molar refractivity (Wildman–Crippen MR) is 126 cm³/mol. The summed E-state index contributed by atoms with van der Waals surface area (Å²) in [5.41, 5.74) is 3.95. The lowest BCUT2D eigenvalue weighted by Gasteiger charge is -2.26. The van der Waals surface area contributed by atoms with Gasteiger partial charge in [0.25, 0.3) is 10.0 Å². The van der Waals surface area contributed by atoms with E-state index in [-0.39, 0.29) is 22.6 Å². The summed E-state index contributed by atoms with van der Waals surface area (Å²) in [6, 6.07) is 13.0. The lowest BCUT2D eigenvalue weighted by Crippen LogP contribution is -2.37. The molecule has 7 nitrogen and oxygen atoms in total. The molecule has 8 heteroatoms. The van der Waals surface area contributed by atoms with Gasteiger partial charge < -0.3 is 10.4 Å². The number of carboxylic acids is 1. The van der Waals surface area contributed by atoms with E-state index in [1.807, 2.05) is 32.9 Å². The van der Waals surface area contributed by atoms with E-state index in [4.69, 9.17) is 0 Å². The fourth-order valence-electron chi connectivity index (χ4n) is 5.44. The molecule has 2 aliphatic rings. The molecule has 2 saturated carbocycles. The highest BCUT2D eigenvalue weighted by Crippen LogP contribution is 2.57. The highest BCUT2D eigenvalue weighted by Gasteiger charge is 2.57. The number of carbonyl (C=O) groups is 2. The normalized spacial score (nSPS) is 23.9. The zero-order valence-corrected chi connectivity index (χ0v) is 19.6. The van der Waals surface area contributed by atoms with Gasteiger partial charge in [-0.2, -0.15) is 0 Å². The van der Waals surface area contributed by atoms with Gasteiger partial charge in [0.2, 0.25) is 5.91 Å². The molecule has 0 radical (unpaired) electrons. The minimum Gasteiger partial charge on any atom is -0.481 e. The van der Waals surface area contributed by atoms with E-state index >= 15 is 0 Å². The lowest BCUT2D eigenvalue weighted by atomic mass is 9.78. The number of rotatable bonds is 6. The van der Waals surface area contributed by atoms with Crippen LogP contribution in [0.3, 0.4) is 0 Å². The van der Waals surface area contributed by atoms with E-state index in [9.17, 15) is 23.1 Å². The third-order valence-electron chi connectivity index (χ3n) is 6.83. The molecule has 0 aromatic heterocycles. The van der Waals surface area contributed by atoms with Crippen molar-refractivity contribution in [3.8, 4) is 0 Å². The summed E-state index contributed by atoms with van der Waals surface area (Å²) >= 11 is 0. The number of carboxylic acid groups (broad SMARTS) is 1. The van der Waals surface area contributed by atoms with Gasteiger partial charge in [-0.3, -0.25) is 14.3 Å². The Morgan fingerprint density at radius 2 is 1.55 bits per heavy atom. The maximum absolute atomic E-state index is 13.1. The minimum atomic E-state index is -3.79. The Kier molecular flexibility index (Phi) is 6.05. The van der Waals surface area contributed by atoms with Gasteiger partial charge in [-0.25, -0.2) is 8.42 Å². The van der Waals surface area contributed by atoms with Crippen molar-refractivity contribution in [1.29, 1.82) is 0 Å². The molecule has 3 N–H and O–H groups in total. The van der Waals surface area contributed by atoms with Gasteiger partial charge in [0.05, 0.1) is 22.4 Å². The number of para-hydroxylation sites is 1. The van der Waals surface area contributed by atoms with Crippen LogP contribution in [0.25, 0.3) is 0 Å². The maximum atomic E-state index is 13.1. The Labute approximate surface area is 194 Å². The fourth-order valence-corrected chi connectivity index (χ4v) is 6.57. The monoisotopic (exact) mass is 468 g/mol. The van der Waals surface area contributed by atoms with E-state index in [1.54, 1.807) is 12.1 Å². The Morgan fingerprint density at radius 1 is 0.939 bits per heavy atom. The number of hydrogen-bond donors (Lipinski definition) is 3. The second-order valence-corrected chi connectivity index (χ2v) is 10.8. The van der Waals surface area contributed by atoms with Crippen molar-refractivity contribution in [3.05, 3.63) is 65.2 Å². The van der Waals surface area contributed by atoms with Crippen LogP contribution in [-0.4, -0.2) is 25.4 Å². The zero-order chi connectivity index (χ0) is 23.9. The summed E-state index contributed by atoms with van der Waals surface area (Å²) in [4.78, 5) is 25.2. The Morgan fingerprint density at radius 3 is 2.12 bits per heavy atom. The average Bonchev–Trinajstić information content (AvgIpc) is 3.32. The highest BCUT2D eigenvalue weighted by atomic mass is 32.2. The standard InChI is InChI=1S/C25H28N2O5S/c1-14(2)21-18-12-13-19(21)23(25(29)30)22(18)24(28)26-16-8-10-17(11-9-16)33(31,32)27-20-7-5-4-6-15(20)3/h4-11,18-19,22-23,27H,12-13H2,1-3H3,(H,26,28)(H,29,30)/t18-,19+,22+,23-/m0/s1. The van der Waals surface area contributed by atoms with Crippen LogP contribution in [0.4, 0.5) is 11.4 Å². The van der Waals surface area contributed by atoms with Crippen LogP contribution < -0.4 is 10.0 Å². The van der Waals surface area contributed by atoms with Crippen LogP contribution in [0.2, 0.25) is 0 Å². The van der Waals surface area contributed by atoms with E-state index in [1.165, 1.54) is 24.3 Å². The molecule has 2 aliphatic carbocycles. The first-order chi connectivity index (χ1) is 15.6. The van der Waals surface area contributed by atoms with E-state index < -0.39 is 27.8 Å². The van der Waals surface area contributed by atoms with Crippen LogP contribution >= 0.6 is 0 Å². The smallest absolute Gasteiger partial charge is 0.307 e. The first-order valence-corrected chi connectivity index (χ1v) is 12.5. The molecular weight excluding hydrogens is 440 g/mol. The van der Waals surface area contributed by atoms with Gasteiger partial charge >= 0.3 is 5.97 Å². The van der Waals surface area contributed by atoms with Crippen LogP contribution in [0.15, 0.2) is 64.6 Å². The van der Waals surface area contributed by atoms with Crippen LogP contribution in [-0.2, 0) is 19.6 Å². The van der Waals surface area contributed by atoms with Crippen LogP contribution in [0.5, 0.6) is 0 Å². The van der Waals surface area contributed by atoms with Crippen LogP contribution in [0, 0.1) is 30.6 Å². The molecule has 0 aliphatic heterocycles. The molecule has 0 heterocycles. The Hall–Kier alpha value is -3.13. The summed E-state index contributed by atoms with van der Waals surface area (Å²) in [7, 11) is -3.79. The molecule has 0 spiro atoms. The molecule has 0 unspecified atom stereocenters. The summed E-state index contributed by atoms with van der Waals surface area (Å²) in [5.74, 6) is -2.77. The van der Waals surface area contributed by atoms with Crippen molar-refractivity contribution in [3.63, 3.8) is 0 Å². The van der Waals surface area contributed by atoms with Gasteiger partial charge in [0.15, 0.2) is 0 Å². The van der Waals surface area contributed by atoms with Gasteiger partial charge in [-0.15, -0.1) is 0 Å². The number of amides is 1. The largest absolute Gasteiger partial charge is 0.481 e. The van der Waals surface area contributed by atoms with Gasteiger partial charge in [-0.05, 0) is 81.3 Å². The van der Waals surface area contributed by atoms with Gasteiger partial charge in [0.1, 0.15) is 0 Å². The van der Waals surface area contributed by atoms with Crippen molar-refractivity contribution in [2.24, 2.45) is 23.7 Å². The zero-order valence-electron chi connectivity index (χ0n) is 18.8. The molecule has 4 atom stereocenters. The molecule has 174 valence electrons. The summed E-state index contributed by atoms with van der Waals surface area (Å²) < 4.78 is 28.0. The van der Waals surface area contributed by atoms with Crippen molar-refractivity contribution in [1.82, 2.24) is 0 Å². The second-order valence-electron chi connectivity index (χ2n) is 9.07. The average molecular weight is 469 g/mol. The number of hydrogen-bond acceptors (Lipinski definition) is 4. The molecule has 2 fully saturated rings. The number of aliphatic carboxylic acids is 1. The molecule has 2 bridgehead atoms. The molecule has 4 rings (SSSR count). The molecule has 2 aromatic carbocycles. The van der Waals surface area contributed by atoms with Crippen LogP contribution in [0.1, 0.15) is 32.3 Å². The number of sulfonamides is 1. The minimum absolute atomic E-state index is 0.0564. The molecule has 33 heavy (non-hydrogen) atoms. The number of carbonyl (C=O) groups excluding carboxylic acids is 1. The molecular formula is C25H28N2O5S. The molecule has 0 saturated heterocycles. The molecule has 2 aromatic rings. The summed E-state index contributed by atoms with van der Waals surface area (Å²) in [5, 5.41) is 12.6. The number of anilines is 2. The Bertz CT molecular complexity index is 1230. The third kappa shape index (κ3) is 4.27. The van der Waals surface area contributed by atoms with Crippen molar-refractivity contribution >= 4 is 33.3 Å². The lowest BCUT2D eigenvalue weighted by molar-refractivity contribution is -0.148. The Balaban J connectivity index is 1.51. The van der Waals surface area contributed by atoms with Crippen molar-refractivity contribution in [2.75, 3.05) is 10.0 Å². The maximum Gasteiger partial charge on any atom is 0.307 e. The van der Waals surface area contributed by atoms with Crippen molar-refractivity contribution in [2.45, 2.75) is 38.5 Å². The second kappa shape index (κ2) is 8.67. The van der Waals surface area contributed by atoms with Crippen molar-refractivity contribution < 1.29 is 23.1 Å². The fraction of sp³-hybridized carbons (Fsp3) is 0.360. The number of benzene rings is 2. The first kappa shape index (κ1) is 23.0. The quantitative estimate of drug-likeness (QED) is 0.543. The van der Waals surface area contributed by atoms with Gasteiger partial charge in [0, 0.05) is 5.69 Å². The predicted octanol–water partition coefficient (Wildman–Crippen LogP) is 4.43.